The number of ether oxygens (including phenoxy) is 1. The fraction of sp³-hybridized carbons (Fsp3) is 0.667. The minimum Gasteiger partial charge on any atom is -0.478 e. The van der Waals surface area contributed by atoms with Crippen molar-refractivity contribution in [2.24, 2.45) is 11.8 Å². The summed E-state index contributed by atoms with van der Waals surface area (Å²) in [6.07, 6.45) is 1.18. The fourth-order valence-corrected chi connectivity index (χ4v) is 3.60. The van der Waals surface area contributed by atoms with E-state index < -0.39 is 0 Å². The molecule has 0 aromatic carbocycles. The first kappa shape index (κ1) is 12.7. The summed E-state index contributed by atoms with van der Waals surface area (Å²) in [5, 5.41) is 3.52. The van der Waals surface area contributed by atoms with Gasteiger partial charge in [-0.05, 0) is 31.2 Å². The van der Waals surface area contributed by atoms with Gasteiger partial charge in [0.15, 0.2) is 0 Å². The van der Waals surface area contributed by atoms with Crippen LogP contribution in [0.25, 0.3) is 0 Å². The lowest BCUT2D eigenvalue weighted by Crippen LogP contribution is -2.35. The summed E-state index contributed by atoms with van der Waals surface area (Å²) in [5.41, 5.74) is 0. The molecule has 3 heterocycles. The third-order valence-corrected chi connectivity index (χ3v) is 4.43. The Labute approximate surface area is 115 Å². The molecule has 3 atom stereocenters. The average Bonchev–Trinajstić information content (AvgIpc) is 2.99. The molecule has 1 aromatic heterocycles. The number of nitrogens with one attached hydrogen (secondary N) is 1. The number of nitrogens with zero attached hydrogens (tertiary/aromatic N) is 2. The minimum atomic E-state index is 0.615. The van der Waals surface area contributed by atoms with Gasteiger partial charge in [0.25, 0.3) is 0 Å². The number of rotatable bonds is 4. The van der Waals surface area contributed by atoms with Crippen molar-refractivity contribution in [1.29, 1.82) is 0 Å². The van der Waals surface area contributed by atoms with Gasteiger partial charge in [-0.1, -0.05) is 13.0 Å². The van der Waals surface area contributed by atoms with Crippen LogP contribution in [0.2, 0.25) is 0 Å². The van der Waals surface area contributed by atoms with Gasteiger partial charge < -0.3 is 15.0 Å². The third-order valence-electron chi connectivity index (χ3n) is 4.43. The van der Waals surface area contributed by atoms with Crippen molar-refractivity contribution >= 4 is 5.82 Å². The number of anilines is 1. The summed E-state index contributed by atoms with van der Waals surface area (Å²) in [5.74, 6) is 3.38. The molecular formula is C15H23N3O. The fourth-order valence-electron chi connectivity index (χ4n) is 3.60. The molecule has 19 heavy (non-hydrogen) atoms. The van der Waals surface area contributed by atoms with E-state index in [1.165, 1.54) is 6.42 Å². The lowest BCUT2D eigenvalue weighted by atomic mass is 9.93. The largest absolute Gasteiger partial charge is 0.478 e. The number of aromatic nitrogens is 1. The van der Waals surface area contributed by atoms with Gasteiger partial charge in [-0.3, -0.25) is 0 Å². The Kier molecular flexibility index (Phi) is 3.60. The molecule has 104 valence electrons. The molecule has 2 fully saturated rings. The van der Waals surface area contributed by atoms with Gasteiger partial charge in [0.05, 0.1) is 6.61 Å². The molecule has 4 nitrogen and oxygen atoms in total. The summed E-state index contributed by atoms with van der Waals surface area (Å²) >= 11 is 0. The molecular weight excluding hydrogens is 238 g/mol. The van der Waals surface area contributed by atoms with E-state index in [-0.39, 0.29) is 0 Å². The second-order valence-corrected chi connectivity index (χ2v) is 5.48. The summed E-state index contributed by atoms with van der Waals surface area (Å²) in [4.78, 5) is 7.14. The molecule has 2 aliphatic rings. The Morgan fingerprint density at radius 1 is 1.37 bits per heavy atom. The van der Waals surface area contributed by atoms with Crippen molar-refractivity contribution < 1.29 is 4.74 Å². The highest BCUT2D eigenvalue weighted by Gasteiger charge is 2.43. The molecule has 0 aliphatic carbocycles. The molecule has 0 bridgehead atoms. The van der Waals surface area contributed by atoms with E-state index in [0.717, 1.165) is 43.2 Å². The van der Waals surface area contributed by atoms with Gasteiger partial charge in [0.1, 0.15) is 5.82 Å². The van der Waals surface area contributed by atoms with E-state index in [4.69, 9.17) is 4.74 Å². The van der Waals surface area contributed by atoms with Crippen LogP contribution < -0.4 is 15.0 Å². The molecule has 2 aliphatic heterocycles. The first-order valence-electron chi connectivity index (χ1n) is 7.40. The Morgan fingerprint density at radius 2 is 2.26 bits per heavy atom. The number of hydrogen-bond acceptors (Lipinski definition) is 4. The van der Waals surface area contributed by atoms with E-state index in [1.54, 1.807) is 0 Å². The maximum atomic E-state index is 5.52. The molecule has 0 spiro atoms. The highest BCUT2D eigenvalue weighted by molar-refractivity contribution is 5.44. The highest BCUT2D eigenvalue weighted by Crippen LogP contribution is 2.37. The maximum absolute atomic E-state index is 5.52. The molecule has 0 saturated carbocycles. The second-order valence-electron chi connectivity index (χ2n) is 5.48. The standard InChI is InChI=1S/C15H23N3O/c1-3-13-12-9-16-8-11(12)10-18(13)14-6-5-7-15(17-14)19-4-2/h5-7,11-13,16H,3-4,8-10H2,1-2H3. The first-order chi connectivity index (χ1) is 9.33. The molecule has 1 aromatic rings. The van der Waals surface area contributed by atoms with Gasteiger partial charge in [0, 0.05) is 31.7 Å². The van der Waals surface area contributed by atoms with Crippen LogP contribution in [0.4, 0.5) is 5.82 Å². The zero-order valence-electron chi connectivity index (χ0n) is 11.8. The first-order valence-corrected chi connectivity index (χ1v) is 7.40. The Balaban J connectivity index is 1.83. The van der Waals surface area contributed by atoms with Crippen LogP contribution in [-0.4, -0.2) is 37.3 Å². The van der Waals surface area contributed by atoms with E-state index in [1.807, 2.05) is 19.1 Å². The molecule has 4 heteroatoms. The normalized spacial score (nSPS) is 29.6. The van der Waals surface area contributed by atoms with Crippen LogP contribution >= 0.6 is 0 Å². The van der Waals surface area contributed by atoms with E-state index in [9.17, 15) is 0 Å². The quantitative estimate of drug-likeness (QED) is 0.898. The zero-order valence-corrected chi connectivity index (χ0v) is 11.8. The van der Waals surface area contributed by atoms with E-state index >= 15 is 0 Å². The average molecular weight is 261 g/mol. The molecule has 1 N–H and O–H groups in total. The van der Waals surface area contributed by atoms with Gasteiger partial charge >= 0.3 is 0 Å². The van der Waals surface area contributed by atoms with Gasteiger partial charge in [-0.15, -0.1) is 0 Å². The van der Waals surface area contributed by atoms with Gasteiger partial charge in [-0.25, -0.2) is 0 Å². The monoisotopic (exact) mass is 261 g/mol. The van der Waals surface area contributed by atoms with Crippen molar-refractivity contribution in [3.8, 4) is 5.88 Å². The Hall–Kier alpha value is -1.29. The molecule has 0 radical (unpaired) electrons. The second kappa shape index (κ2) is 5.37. The van der Waals surface area contributed by atoms with Crippen LogP contribution in [0.5, 0.6) is 5.88 Å². The summed E-state index contributed by atoms with van der Waals surface area (Å²) in [6.45, 7) is 8.38. The van der Waals surface area contributed by atoms with Crippen molar-refractivity contribution in [3.63, 3.8) is 0 Å². The minimum absolute atomic E-state index is 0.615. The third kappa shape index (κ3) is 2.29. The van der Waals surface area contributed by atoms with Crippen molar-refractivity contribution in [1.82, 2.24) is 10.3 Å². The SMILES string of the molecule is CCOc1cccc(N2CC3CNCC3C2CC)n1. The topological polar surface area (TPSA) is 37.4 Å². The van der Waals surface area contributed by atoms with Crippen LogP contribution in [0.15, 0.2) is 18.2 Å². The lowest BCUT2D eigenvalue weighted by Gasteiger charge is -2.28. The molecule has 2 saturated heterocycles. The number of pyridine rings is 1. The molecule has 0 amide bonds. The zero-order chi connectivity index (χ0) is 13.2. The highest BCUT2D eigenvalue weighted by atomic mass is 16.5. The van der Waals surface area contributed by atoms with Crippen LogP contribution in [-0.2, 0) is 0 Å². The molecule has 3 rings (SSSR count). The van der Waals surface area contributed by atoms with Crippen LogP contribution in [0.3, 0.4) is 0 Å². The van der Waals surface area contributed by atoms with Crippen LogP contribution in [0, 0.1) is 11.8 Å². The van der Waals surface area contributed by atoms with E-state index in [2.05, 4.69) is 28.2 Å². The Bertz CT molecular complexity index is 437. The van der Waals surface area contributed by atoms with Gasteiger partial charge in [-0.2, -0.15) is 4.98 Å². The summed E-state index contributed by atoms with van der Waals surface area (Å²) < 4.78 is 5.52. The molecule has 3 unspecified atom stereocenters. The smallest absolute Gasteiger partial charge is 0.215 e. The summed E-state index contributed by atoms with van der Waals surface area (Å²) in [6, 6.07) is 6.71. The number of fused-ring (bicyclic) bond motifs is 1. The number of hydrogen-bond donors (Lipinski definition) is 1. The van der Waals surface area contributed by atoms with Gasteiger partial charge in [0.2, 0.25) is 5.88 Å². The lowest BCUT2D eigenvalue weighted by molar-refractivity contribution is 0.326. The van der Waals surface area contributed by atoms with E-state index in [0.29, 0.717) is 12.6 Å². The van der Waals surface area contributed by atoms with Crippen LogP contribution in [0.1, 0.15) is 20.3 Å². The maximum Gasteiger partial charge on any atom is 0.215 e. The van der Waals surface area contributed by atoms with Crippen molar-refractivity contribution in [2.45, 2.75) is 26.3 Å². The summed E-state index contributed by atoms with van der Waals surface area (Å²) in [7, 11) is 0. The predicted molar refractivity (Wildman–Crippen MR) is 76.7 cm³/mol. The Morgan fingerprint density at radius 3 is 3.05 bits per heavy atom. The predicted octanol–water partition coefficient (Wildman–Crippen LogP) is 1.91. The van der Waals surface area contributed by atoms with Crippen molar-refractivity contribution in [2.75, 3.05) is 31.1 Å². The van der Waals surface area contributed by atoms with Crippen molar-refractivity contribution in [3.05, 3.63) is 18.2 Å².